The number of hydrogen-bond acceptors (Lipinski definition) is 4. The maximum atomic E-state index is 5.69. The summed E-state index contributed by atoms with van der Waals surface area (Å²) in [6.07, 6.45) is 0. The van der Waals surface area contributed by atoms with Crippen molar-refractivity contribution in [3.8, 4) is 0 Å². The van der Waals surface area contributed by atoms with E-state index in [2.05, 4.69) is 10.6 Å². The third kappa shape index (κ3) is 1.91. The maximum absolute atomic E-state index is 5.69. The predicted octanol–water partition coefficient (Wildman–Crippen LogP) is -1.62. The first-order chi connectivity index (χ1) is 4.06. The zero-order valence-electron chi connectivity index (χ0n) is 6.23. The Labute approximate surface area is 56.0 Å². The highest BCUT2D eigenvalue weighted by atomic mass is 15.3. The molecule has 0 aromatic heterocycles. The maximum Gasteiger partial charge on any atom is 0.135 e. The largest absolute Gasteiger partial charge is 0.324 e. The fourth-order valence-electron chi connectivity index (χ4n) is 0.580. The van der Waals surface area contributed by atoms with E-state index < -0.39 is 5.79 Å². The summed E-state index contributed by atoms with van der Waals surface area (Å²) >= 11 is 0. The van der Waals surface area contributed by atoms with Crippen LogP contribution in [0.5, 0.6) is 0 Å². The summed E-state index contributed by atoms with van der Waals surface area (Å²) in [5.41, 5.74) is 11.2. The van der Waals surface area contributed by atoms with E-state index in [0.29, 0.717) is 0 Å². The summed E-state index contributed by atoms with van der Waals surface area (Å²) < 4.78 is 0. The summed E-state index contributed by atoms with van der Waals surface area (Å²) in [4.78, 5) is 0. The smallest absolute Gasteiger partial charge is 0.135 e. The SMILES string of the molecule is CNC(N)(NC)C(C)N. The van der Waals surface area contributed by atoms with Gasteiger partial charge in [0.05, 0.1) is 0 Å². The summed E-state index contributed by atoms with van der Waals surface area (Å²) in [5.74, 6) is -0.639. The fourth-order valence-corrected chi connectivity index (χ4v) is 0.580. The van der Waals surface area contributed by atoms with Crippen LogP contribution >= 0.6 is 0 Å². The second-order valence-electron chi connectivity index (χ2n) is 2.16. The van der Waals surface area contributed by atoms with Gasteiger partial charge in [-0.3, -0.25) is 16.4 Å². The molecule has 0 aromatic rings. The second kappa shape index (κ2) is 3.12. The molecule has 1 unspecified atom stereocenters. The zero-order chi connectivity index (χ0) is 7.49. The highest BCUT2D eigenvalue weighted by Crippen LogP contribution is 1.91. The number of nitrogens with one attached hydrogen (secondary N) is 2. The average Bonchev–Trinajstić information content (AvgIpc) is 1.86. The Morgan fingerprint density at radius 3 is 1.67 bits per heavy atom. The molecule has 0 aliphatic heterocycles. The van der Waals surface area contributed by atoms with Gasteiger partial charge >= 0.3 is 0 Å². The molecule has 0 heterocycles. The first-order valence-corrected chi connectivity index (χ1v) is 2.99. The summed E-state index contributed by atoms with van der Waals surface area (Å²) in [6, 6.07) is -0.118. The van der Waals surface area contributed by atoms with Crippen molar-refractivity contribution < 1.29 is 0 Å². The molecule has 56 valence electrons. The molecule has 0 amide bonds. The van der Waals surface area contributed by atoms with Gasteiger partial charge in [0.15, 0.2) is 0 Å². The molecule has 0 saturated carbocycles. The Kier molecular flexibility index (Phi) is 3.07. The molecule has 0 spiro atoms. The van der Waals surface area contributed by atoms with Gasteiger partial charge in [-0.25, -0.2) is 0 Å². The zero-order valence-corrected chi connectivity index (χ0v) is 6.23. The lowest BCUT2D eigenvalue weighted by molar-refractivity contribution is 0.259. The van der Waals surface area contributed by atoms with Crippen molar-refractivity contribution in [3.63, 3.8) is 0 Å². The van der Waals surface area contributed by atoms with E-state index in [4.69, 9.17) is 11.5 Å². The Hall–Kier alpha value is -0.160. The van der Waals surface area contributed by atoms with Crippen LogP contribution in [0.2, 0.25) is 0 Å². The van der Waals surface area contributed by atoms with Gasteiger partial charge in [-0.15, -0.1) is 0 Å². The van der Waals surface area contributed by atoms with E-state index in [1.807, 2.05) is 6.92 Å². The van der Waals surface area contributed by atoms with Crippen molar-refractivity contribution in [2.45, 2.75) is 18.8 Å². The van der Waals surface area contributed by atoms with Gasteiger partial charge in [0.1, 0.15) is 5.79 Å². The summed E-state index contributed by atoms with van der Waals surface area (Å²) in [7, 11) is 3.53. The van der Waals surface area contributed by atoms with Gasteiger partial charge in [0.2, 0.25) is 0 Å². The second-order valence-corrected chi connectivity index (χ2v) is 2.16. The minimum atomic E-state index is -0.639. The Morgan fingerprint density at radius 1 is 1.33 bits per heavy atom. The van der Waals surface area contributed by atoms with E-state index in [1.54, 1.807) is 14.1 Å². The van der Waals surface area contributed by atoms with Crippen LogP contribution in [0.4, 0.5) is 0 Å². The molecule has 0 aliphatic rings. The number of nitrogens with two attached hydrogens (primary N) is 2. The first-order valence-electron chi connectivity index (χ1n) is 2.99. The van der Waals surface area contributed by atoms with Gasteiger partial charge in [-0.2, -0.15) is 0 Å². The van der Waals surface area contributed by atoms with Crippen molar-refractivity contribution in [3.05, 3.63) is 0 Å². The molecule has 4 nitrogen and oxygen atoms in total. The van der Waals surface area contributed by atoms with Crippen molar-refractivity contribution in [1.82, 2.24) is 10.6 Å². The van der Waals surface area contributed by atoms with E-state index in [0.717, 1.165) is 0 Å². The highest BCUT2D eigenvalue weighted by Gasteiger charge is 2.24. The van der Waals surface area contributed by atoms with Gasteiger partial charge < -0.3 is 5.73 Å². The molecular weight excluding hydrogens is 116 g/mol. The normalized spacial score (nSPS) is 15.7. The molecule has 4 heteroatoms. The molecule has 9 heavy (non-hydrogen) atoms. The standard InChI is InChI=1S/C5H16N4/c1-4(6)5(7,8-2)9-3/h4,8-9H,6-7H2,1-3H3. The van der Waals surface area contributed by atoms with Crippen molar-refractivity contribution in [2.24, 2.45) is 11.5 Å². The third-order valence-electron chi connectivity index (χ3n) is 1.55. The van der Waals surface area contributed by atoms with Crippen LogP contribution in [0.1, 0.15) is 6.92 Å². The number of hydrogen-bond donors (Lipinski definition) is 4. The molecule has 0 fully saturated rings. The van der Waals surface area contributed by atoms with E-state index in [9.17, 15) is 0 Å². The van der Waals surface area contributed by atoms with Crippen LogP contribution in [0, 0.1) is 0 Å². The van der Waals surface area contributed by atoms with Gasteiger partial charge in [0, 0.05) is 6.04 Å². The summed E-state index contributed by atoms with van der Waals surface area (Å²) in [5, 5.41) is 5.74. The molecule has 0 bridgehead atoms. The quantitative estimate of drug-likeness (QED) is 0.348. The highest BCUT2D eigenvalue weighted by molar-refractivity contribution is 4.83. The van der Waals surface area contributed by atoms with Gasteiger partial charge in [0.25, 0.3) is 0 Å². The number of likely N-dealkylation sites (N-methyl/N-ethyl adjacent to an activating group) is 2. The lowest BCUT2D eigenvalue weighted by Gasteiger charge is -2.32. The summed E-state index contributed by atoms with van der Waals surface area (Å²) in [6.45, 7) is 1.84. The molecule has 0 radical (unpaired) electrons. The van der Waals surface area contributed by atoms with E-state index in [1.165, 1.54) is 0 Å². The molecule has 1 atom stereocenters. The molecule has 6 N–H and O–H groups in total. The topological polar surface area (TPSA) is 76.1 Å². The number of rotatable bonds is 3. The van der Waals surface area contributed by atoms with Crippen LogP contribution in [0.25, 0.3) is 0 Å². The van der Waals surface area contributed by atoms with E-state index in [-0.39, 0.29) is 6.04 Å². The lowest BCUT2D eigenvalue weighted by Crippen LogP contribution is -2.70. The minimum Gasteiger partial charge on any atom is -0.324 e. The Balaban J connectivity index is 3.92. The van der Waals surface area contributed by atoms with Crippen LogP contribution < -0.4 is 22.1 Å². The van der Waals surface area contributed by atoms with Crippen LogP contribution in [-0.2, 0) is 0 Å². The molecule has 0 aliphatic carbocycles. The fraction of sp³-hybridized carbons (Fsp3) is 1.00. The Morgan fingerprint density at radius 2 is 1.67 bits per heavy atom. The molecular formula is C5H16N4. The van der Waals surface area contributed by atoms with Crippen LogP contribution in [0.15, 0.2) is 0 Å². The lowest BCUT2D eigenvalue weighted by atomic mass is 10.2. The van der Waals surface area contributed by atoms with Crippen LogP contribution in [-0.4, -0.2) is 25.9 Å². The van der Waals surface area contributed by atoms with Gasteiger partial charge in [-0.05, 0) is 21.0 Å². The average molecular weight is 132 g/mol. The molecule has 0 aromatic carbocycles. The van der Waals surface area contributed by atoms with Crippen LogP contribution in [0.3, 0.4) is 0 Å². The van der Waals surface area contributed by atoms with Crippen molar-refractivity contribution in [2.75, 3.05) is 14.1 Å². The van der Waals surface area contributed by atoms with Gasteiger partial charge in [-0.1, -0.05) is 0 Å². The monoisotopic (exact) mass is 132 g/mol. The minimum absolute atomic E-state index is 0.118. The Bertz CT molecular complexity index is 77.0. The first kappa shape index (κ1) is 8.84. The van der Waals surface area contributed by atoms with Crippen molar-refractivity contribution >= 4 is 0 Å². The molecule has 0 rings (SSSR count). The third-order valence-corrected chi connectivity index (χ3v) is 1.55. The van der Waals surface area contributed by atoms with E-state index >= 15 is 0 Å². The predicted molar refractivity (Wildman–Crippen MR) is 38.7 cm³/mol. The molecule has 0 saturated heterocycles. The van der Waals surface area contributed by atoms with Crippen molar-refractivity contribution in [1.29, 1.82) is 0 Å².